The smallest absolute Gasteiger partial charge is 0.262 e. The predicted octanol–water partition coefficient (Wildman–Crippen LogP) is 1.74. The zero-order valence-electron chi connectivity index (χ0n) is 16.7. The number of nitrogens with one attached hydrogen (secondary N) is 1. The molecule has 2 saturated heterocycles. The van der Waals surface area contributed by atoms with Crippen LogP contribution in [-0.2, 0) is 4.79 Å². The summed E-state index contributed by atoms with van der Waals surface area (Å²) in [6.07, 6.45) is 0.812. The Labute approximate surface area is 169 Å². The van der Waals surface area contributed by atoms with Gasteiger partial charge in [0.2, 0.25) is 5.91 Å². The van der Waals surface area contributed by atoms with Crippen molar-refractivity contribution in [1.82, 2.24) is 15.1 Å². The number of piperazine rings is 1. The third kappa shape index (κ3) is 3.31. The predicted molar refractivity (Wildman–Crippen MR) is 106 cm³/mol. The Kier molecular flexibility index (Phi) is 4.90. The summed E-state index contributed by atoms with van der Waals surface area (Å²) in [5.41, 5.74) is 1.08. The highest BCUT2D eigenvalue weighted by Crippen LogP contribution is 2.33. The molecule has 1 aromatic carbocycles. The van der Waals surface area contributed by atoms with E-state index in [1.807, 2.05) is 4.90 Å². The van der Waals surface area contributed by atoms with Crippen LogP contribution in [-0.4, -0.2) is 65.8 Å². The summed E-state index contributed by atoms with van der Waals surface area (Å²) in [6, 6.07) is 2.14. The van der Waals surface area contributed by atoms with Gasteiger partial charge in [-0.1, -0.05) is 6.58 Å². The summed E-state index contributed by atoms with van der Waals surface area (Å²) >= 11 is 0. The van der Waals surface area contributed by atoms with Crippen LogP contribution in [0.1, 0.15) is 47.4 Å². The average Bonchev–Trinajstić information content (AvgIpc) is 2.91. The lowest BCUT2D eigenvalue weighted by molar-refractivity contribution is -0.125. The third-order valence-electron chi connectivity index (χ3n) is 6.00. The minimum Gasteiger partial charge on any atom is -0.367 e. The van der Waals surface area contributed by atoms with Gasteiger partial charge in [-0.15, -0.1) is 0 Å². The first-order valence-electron chi connectivity index (χ1n) is 9.97. The SMILES string of the molecule is C=C1CCC(N2C(=O)c3cc(F)c(N4CCN(C(C)C)CC4)cc3C2=O)C(=O)N1. The number of imide groups is 1. The van der Waals surface area contributed by atoms with E-state index in [2.05, 4.69) is 30.6 Å². The van der Waals surface area contributed by atoms with Crippen LogP contribution in [0.4, 0.5) is 10.1 Å². The van der Waals surface area contributed by atoms with Crippen LogP contribution in [0, 0.1) is 5.82 Å². The number of allylic oxidation sites excluding steroid dienone is 1. The molecule has 0 saturated carbocycles. The summed E-state index contributed by atoms with van der Waals surface area (Å²) in [5.74, 6) is -2.11. The van der Waals surface area contributed by atoms with E-state index >= 15 is 0 Å². The summed E-state index contributed by atoms with van der Waals surface area (Å²) < 4.78 is 14.9. The minimum atomic E-state index is -0.894. The molecule has 3 heterocycles. The second-order valence-corrected chi connectivity index (χ2v) is 8.09. The topological polar surface area (TPSA) is 73.0 Å². The number of carbonyl (C=O) groups excluding carboxylic acids is 3. The normalized spacial score (nSPS) is 23.1. The van der Waals surface area contributed by atoms with Crippen LogP contribution in [0.25, 0.3) is 0 Å². The fraction of sp³-hybridized carbons (Fsp3) is 0.476. The van der Waals surface area contributed by atoms with Crippen molar-refractivity contribution in [2.75, 3.05) is 31.1 Å². The standard InChI is InChI=1S/C21H25FN4O3/c1-12(2)24-6-8-25(9-7-24)18-11-15-14(10-16(18)22)20(28)26(21(15)29)17-5-4-13(3)23-19(17)27/h10-12,17H,3-9H2,1-2H3,(H,23,27). The summed E-state index contributed by atoms with van der Waals surface area (Å²) in [6.45, 7) is 10.9. The molecule has 1 aromatic rings. The first-order valence-corrected chi connectivity index (χ1v) is 9.97. The van der Waals surface area contributed by atoms with Crippen molar-refractivity contribution >= 4 is 23.4 Å². The van der Waals surface area contributed by atoms with Gasteiger partial charge in [0, 0.05) is 37.9 Å². The van der Waals surface area contributed by atoms with Gasteiger partial charge in [-0.3, -0.25) is 24.2 Å². The van der Waals surface area contributed by atoms with Crippen molar-refractivity contribution in [1.29, 1.82) is 0 Å². The molecule has 2 fully saturated rings. The van der Waals surface area contributed by atoms with Gasteiger partial charge in [-0.2, -0.15) is 0 Å². The number of anilines is 1. The van der Waals surface area contributed by atoms with Crippen molar-refractivity contribution in [3.8, 4) is 0 Å². The van der Waals surface area contributed by atoms with Crippen LogP contribution in [0.15, 0.2) is 24.4 Å². The van der Waals surface area contributed by atoms with E-state index in [1.165, 1.54) is 6.07 Å². The summed E-state index contributed by atoms with van der Waals surface area (Å²) in [7, 11) is 0. The number of amides is 3. The monoisotopic (exact) mass is 400 g/mol. The number of piperidine rings is 1. The summed E-state index contributed by atoms with van der Waals surface area (Å²) in [4.78, 5) is 43.3. The van der Waals surface area contributed by atoms with E-state index in [0.29, 0.717) is 43.4 Å². The maximum absolute atomic E-state index is 14.9. The first kappa shape index (κ1) is 19.6. The molecule has 3 amide bonds. The van der Waals surface area contributed by atoms with Crippen LogP contribution in [0.3, 0.4) is 0 Å². The molecule has 8 heteroatoms. The second-order valence-electron chi connectivity index (χ2n) is 8.09. The molecular weight excluding hydrogens is 375 g/mol. The lowest BCUT2D eigenvalue weighted by Crippen LogP contribution is -2.51. The van der Waals surface area contributed by atoms with E-state index in [1.54, 1.807) is 0 Å². The molecule has 7 nitrogen and oxygen atoms in total. The quantitative estimate of drug-likeness (QED) is 0.783. The van der Waals surface area contributed by atoms with E-state index in [4.69, 9.17) is 0 Å². The van der Waals surface area contributed by atoms with E-state index < -0.39 is 29.6 Å². The molecule has 1 atom stereocenters. The molecule has 0 spiro atoms. The van der Waals surface area contributed by atoms with Gasteiger partial charge in [-0.05, 0) is 38.8 Å². The largest absolute Gasteiger partial charge is 0.367 e. The fourth-order valence-electron chi connectivity index (χ4n) is 4.28. The highest BCUT2D eigenvalue weighted by Gasteiger charge is 2.44. The second kappa shape index (κ2) is 7.26. The minimum absolute atomic E-state index is 0.0225. The van der Waals surface area contributed by atoms with Crippen molar-refractivity contribution in [3.63, 3.8) is 0 Å². The molecule has 0 aliphatic carbocycles. The molecule has 3 aliphatic heterocycles. The number of hydrogen-bond acceptors (Lipinski definition) is 5. The number of rotatable bonds is 3. The van der Waals surface area contributed by atoms with Gasteiger partial charge in [0.15, 0.2) is 0 Å². The van der Waals surface area contributed by atoms with Crippen molar-refractivity contribution in [3.05, 3.63) is 41.4 Å². The van der Waals surface area contributed by atoms with Gasteiger partial charge in [0.05, 0.1) is 16.8 Å². The highest BCUT2D eigenvalue weighted by molar-refractivity contribution is 6.23. The molecule has 29 heavy (non-hydrogen) atoms. The van der Waals surface area contributed by atoms with Gasteiger partial charge in [0.25, 0.3) is 11.8 Å². The van der Waals surface area contributed by atoms with Gasteiger partial charge in [-0.25, -0.2) is 4.39 Å². The van der Waals surface area contributed by atoms with Crippen LogP contribution < -0.4 is 10.2 Å². The van der Waals surface area contributed by atoms with Crippen molar-refractivity contribution in [2.24, 2.45) is 0 Å². The van der Waals surface area contributed by atoms with Gasteiger partial charge in [0.1, 0.15) is 11.9 Å². The number of halogens is 1. The van der Waals surface area contributed by atoms with Crippen molar-refractivity contribution in [2.45, 2.75) is 38.8 Å². The zero-order chi connectivity index (χ0) is 20.9. The average molecular weight is 400 g/mol. The number of fused-ring (bicyclic) bond motifs is 1. The Morgan fingerprint density at radius 2 is 1.69 bits per heavy atom. The number of carbonyl (C=O) groups is 3. The van der Waals surface area contributed by atoms with Crippen LogP contribution >= 0.6 is 0 Å². The molecule has 0 bridgehead atoms. The Morgan fingerprint density at radius 1 is 1.07 bits per heavy atom. The molecule has 0 aromatic heterocycles. The number of benzene rings is 1. The molecular formula is C21H25FN4O3. The van der Waals surface area contributed by atoms with E-state index in [0.717, 1.165) is 24.1 Å². The van der Waals surface area contributed by atoms with Crippen LogP contribution in [0.5, 0.6) is 0 Å². The third-order valence-corrected chi connectivity index (χ3v) is 6.00. The Morgan fingerprint density at radius 3 is 2.28 bits per heavy atom. The number of nitrogens with zero attached hydrogens (tertiary/aromatic N) is 3. The van der Waals surface area contributed by atoms with Crippen molar-refractivity contribution < 1.29 is 18.8 Å². The molecule has 0 radical (unpaired) electrons. The zero-order valence-corrected chi connectivity index (χ0v) is 16.7. The van der Waals surface area contributed by atoms with E-state index in [9.17, 15) is 18.8 Å². The summed E-state index contributed by atoms with van der Waals surface area (Å²) in [5, 5.41) is 2.60. The van der Waals surface area contributed by atoms with Gasteiger partial charge < -0.3 is 10.2 Å². The molecule has 1 unspecified atom stereocenters. The Balaban J connectivity index is 1.60. The van der Waals surface area contributed by atoms with Gasteiger partial charge >= 0.3 is 0 Å². The van der Waals surface area contributed by atoms with E-state index in [-0.39, 0.29) is 11.1 Å². The first-order chi connectivity index (χ1) is 13.8. The van der Waals surface area contributed by atoms with Crippen LogP contribution in [0.2, 0.25) is 0 Å². The lowest BCUT2D eigenvalue weighted by atomic mass is 10.0. The Bertz CT molecular complexity index is 905. The Hall–Kier alpha value is -2.74. The molecule has 4 rings (SSSR count). The molecule has 154 valence electrons. The fourth-order valence-corrected chi connectivity index (χ4v) is 4.28. The number of hydrogen-bond donors (Lipinski definition) is 1. The maximum atomic E-state index is 14.9. The molecule has 3 aliphatic rings. The lowest BCUT2D eigenvalue weighted by Gasteiger charge is -2.38. The maximum Gasteiger partial charge on any atom is 0.262 e. The highest BCUT2D eigenvalue weighted by atomic mass is 19.1. The molecule has 1 N–H and O–H groups in total.